The molecule has 0 aliphatic heterocycles. The van der Waals surface area contributed by atoms with Crippen LogP contribution in [0.25, 0.3) is 0 Å². The van der Waals surface area contributed by atoms with Gasteiger partial charge in [-0.05, 0) is 24.3 Å². The second-order valence-corrected chi connectivity index (χ2v) is 28.4. The minimum absolute atomic E-state index is 0.322. The molecule has 0 saturated heterocycles. The Morgan fingerprint density at radius 2 is 0.789 bits per heavy atom. The van der Waals surface area contributed by atoms with Crippen molar-refractivity contribution in [3.8, 4) is 11.5 Å². The summed E-state index contributed by atoms with van der Waals surface area (Å²) in [5.74, 6) is 0.644. The summed E-state index contributed by atoms with van der Waals surface area (Å²) in [5, 5.41) is 17.3. The van der Waals surface area contributed by atoms with Crippen molar-refractivity contribution in [1.82, 2.24) is 0 Å². The molecule has 19 heavy (non-hydrogen) atoms. The molecule has 2 aromatic rings. The van der Waals surface area contributed by atoms with E-state index in [1.165, 1.54) is 0 Å². The van der Waals surface area contributed by atoms with E-state index in [-0.39, 0.29) is 0 Å². The molecule has 2 N–H and O–H groups in total. The van der Waals surface area contributed by atoms with E-state index in [9.17, 15) is 0 Å². The predicted octanol–water partition coefficient (Wildman–Crippen LogP) is 5.54. The molecule has 0 bridgehead atoms. The topological polar surface area (TPSA) is 40.5 Å². The number of para-hydroxylation sites is 2. The Labute approximate surface area is 131 Å². The van der Waals surface area contributed by atoms with Crippen LogP contribution in [0, 0.1) is 0 Å². The monoisotopic (exact) mass is 512 g/mol. The van der Waals surface area contributed by atoms with Crippen molar-refractivity contribution in [3.63, 3.8) is 0 Å². The second-order valence-electron chi connectivity index (χ2n) is 3.02. The van der Waals surface area contributed by atoms with Crippen LogP contribution in [0.2, 0.25) is 0 Å². The van der Waals surface area contributed by atoms with Crippen LogP contribution in [-0.4, -0.2) is 10.2 Å². The summed E-state index contributed by atoms with van der Waals surface area (Å²) in [6.07, 6.45) is 0. The molecule has 2 nitrogen and oxygen atoms in total. The van der Waals surface area contributed by atoms with Crippen LogP contribution < -0.4 is 0 Å². The van der Waals surface area contributed by atoms with Crippen LogP contribution in [0.1, 0.15) is 0 Å². The second kappa shape index (κ2) is 10.6. The van der Waals surface area contributed by atoms with Crippen molar-refractivity contribution < 1.29 is 22.1 Å². The molecule has 0 saturated carbocycles. The first-order valence-electron chi connectivity index (χ1n) is 4.89. The minimum atomic E-state index is -3.28. The number of aromatic hydroxyl groups is 2. The van der Waals surface area contributed by atoms with Crippen molar-refractivity contribution in [1.29, 1.82) is 0 Å². The Hall–Kier alpha value is -0.112. The zero-order valence-corrected chi connectivity index (χ0v) is 15.5. The quantitative estimate of drug-likeness (QED) is 0.486. The molecular weight excluding hydrogens is 502 g/mol. The normalized spacial score (nSPS) is 10.3. The van der Waals surface area contributed by atoms with Gasteiger partial charge in [0.05, 0.1) is 0 Å². The maximum absolute atomic E-state index is 8.63. The number of halogens is 4. The van der Waals surface area contributed by atoms with Gasteiger partial charge in [-0.2, -0.15) is 0 Å². The zero-order valence-electron chi connectivity index (χ0n) is 9.59. The van der Waals surface area contributed by atoms with E-state index in [1.54, 1.807) is 48.5 Å². The van der Waals surface area contributed by atoms with Crippen LogP contribution in [0.15, 0.2) is 60.7 Å². The Balaban J connectivity index is 0.000000261. The standard InChI is InChI=1S/2C6H6O.4ClH.W/c2*7-6-4-2-1-3-5-6;;;;;/h2*1-5,7H;4*1H;/q;;;;;;+4/p-4. The predicted molar refractivity (Wildman–Crippen MR) is 79.6 cm³/mol. The Morgan fingerprint density at radius 3 is 0.895 bits per heavy atom. The first-order chi connectivity index (χ1) is 8.79. The van der Waals surface area contributed by atoms with Gasteiger partial charge < -0.3 is 10.2 Å². The van der Waals surface area contributed by atoms with E-state index in [1.807, 2.05) is 12.1 Å². The summed E-state index contributed by atoms with van der Waals surface area (Å²) in [5.41, 5.74) is 0. The molecule has 0 heterocycles. The Kier molecular flexibility index (Phi) is 10.6. The van der Waals surface area contributed by atoms with E-state index in [0.29, 0.717) is 11.5 Å². The molecule has 0 unspecified atom stereocenters. The number of hydrogen-bond donors (Lipinski definition) is 2. The number of hydrogen-bond acceptors (Lipinski definition) is 2. The number of phenols is 2. The molecule has 7 heteroatoms. The first kappa shape index (κ1) is 18.9. The molecule has 0 amide bonds. The fourth-order valence-electron chi connectivity index (χ4n) is 0.856. The summed E-state index contributed by atoms with van der Waals surface area (Å²) in [7, 11) is 20.1. The van der Waals surface area contributed by atoms with Crippen molar-refractivity contribution in [2.75, 3.05) is 0 Å². The summed E-state index contributed by atoms with van der Waals surface area (Å²) < 4.78 is 0. The fraction of sp³-hybridized carbons (Fsp3) is 0. The third-order valence-electron chi connectivity index (χ3n) is 1.51. The van der Waals surface area contributed by atoms with Gasteiger partial charge in [-0.3, -0.25) is 0 Å². The molecule has 0 aliphatic carbocycles. The van der Waals surface area contributed by atoms with Crippen LogP contribution in [-0.2, 0) is 11.9 Å². The summed E-state index contributed by atoms with van der Waals surface area (Å²) in [6.45, 7) is 0. The van der Waals surface area contributed by atoms with Crippen LogP contribution in [0.4, 0.5) is 0 Å². The number of phenolic OH excluding ortho intramolecular Hbond substituents is 2. The fourth-order valence-corrected chi connectivity index (χ4v) is 0.856. The van der Waals surface area contributed by atoms with Crippen molar-refractivity contribution in [2.45, 2.75) is 0 Å². The Bertz CT molecular complexity index is 391. The van der Waals surface area contributed by atoms with E-state index >= 15 is 0 Å². The van der Waals surface area contributed by atoms with E-state index in [4.69, 9.17) is 47.9 Å². The van der Waals surface area contributed by atoms with Gasteiger partial charge in [-0.25, -0.2) is 0 Å². The molecule has 0 atom stereocenters. The first-order valence-corrected chi connectivity index (χ1v) is 19.4. The summed E-state index contributed by atoms with van der Waals surface area (Å²) in [4.78, 5) is 0. The molecule has 0 spiro atoms. The summed E-state index contributed by atoms with van der Waals surface area (Å²) in [6, 6.07) is 17.4. The van der Waals surface area contributed by atoms with Crippen LogP contribution >= 0.6 is 37.7 Å². The molecule has 0 fully saturated rings. The van der Waals surface area contributed by atoms with Gasteiger partial charge in [0, 0.05) is 0 Å². The van der Waals surface area contributed by atoms with Crippen molar-refractivity contribution in [3.05, 3.63) is 60.7 Å². The molecule has 2 aromatic carbocycles. The zero-order chi connectivity index (χ0) is 14.7. The molecule has 0 aromatic heterocycles. The Morgan fingerprint density at radius 1 is 0.579 bits per heavy atom. The van der Waals surface area contributed by atoms with Gasteiger partial charge in [-0.15, -0.1) is 0 Å². The third kappa shape index (κ3) is 17.9. The van der Waals surface area contributed by atoms with Crippen molar-refractivity contribution in [2.24, 2.45) is 0 Å². The van der Waals surface area contributed by atoms with E-state index in [2.05, 4.69) is 0 Å². The van der Waals surface area contributed by atoms with Gasteiger partial charge in [0.15, 0.2) is 0 Å². The van der Waals surface area contributed by atoms with Crippen LogP contribution in [0.3, 0.4) is 0 Å². The van der Waals surface area contributed by atoms with E-state index < -0.39 is 11.9 Å². The van der Waals surface area contributed by atoms with E-state index in [0.717, 1.165) is 0 Å². The molecule has 2 rings (SSSR count). The van der Waals surface area contributed by atoms with Crippen molar-refractivity contribution >= 4 is 37.7 Å². The average molecular weight is 514 g/mol. The van der Waals surface area contributed by atoms with Gasteiger partial charge in [-0.1, -0.05) is 36.4 Å². The maximum atomic E-state index is 8.63. The molecule has 0 radical (unpaired) electrons. The van der Waals surface area contributed by atoms with Crippen LogP contribution in [0.5, 0.6) is 11.5 Å². The van der Waals surface area contributed by atoms with Gasteiger partial charge in [0.2, 0.25) is 0 Å². The molecule has 106 valence electrons. The number of benzene rings is 2. The SMILES string of the molecule is Oc1ccccc1.Oc1ccccc1.[Cl][W]([Cl])([Cl])[Cl]. The van der Waals surface area contributed by atoms with Gasteiger partial charge >= 0.3 is 49.6 Å². The molecular formula is C12H12Cl4O2W. The number of rotatable bonds is 0. The van der Waals surface area contributed by atoms with Gasteiger partial charge in [0.25, 0.3) is 0 Å². The average Bonchev–Trinajstić information content (AvgIpc) is 2.29. The molecule has 0 aliphatic rings. The summed E-state index contributed by atoms with van der Waals surface area (Å²) >= 11 is -3.28. The third-order valence-corrected chi connectivity index (χ3v) is 1.51. The van der Waals surface area contributed by atoms with Gasteiger partial charge in [0.1, 0.15) is 11.5 Å².